The number of amidine groups is 1. The predicted molar refractivity (Wildman–Crippen MR) is 110 cm³/mol. The molecule has 2 heterocycles. The predicted octanol–water partition coefficient (Wildman–Crippen LogP) is 3.48. The first-order chi connectivity index (χ1) is 12.4. The number of anilines is 1. The van der Waals surface area contributed by atoms with Gasteiger partial charge in [0.15, 0.2) is 0 Å². The van der Waals surface area contributed by atoms with E-state index in [0.29, 0.717) is 11.5 Å². The highest BCUT2D eigenvalue weighted by Crippen LogP contribution is 2.18. The zero-order chi connectivity index (χ0) is 18.7. The molecule has 0 atom stereocenters. The van der Waals surface area contributed by atoms with E-state index >= 15 is 0 Å². The quantitative estimate of drug-likeness (QED) is 0.840. The van der Waals surface area contributed by atoms with Gasteiger partial charge in [-0.1, -0.05) is 43.2 Å². The molecule has 4 heteroatoms. The van der Waals surface area contributed by atoms with Crippen LogP contribution in [0.15, 0.2) is 48.5 Å². The third-order valence-corrected chi connectivity index (χ3v) is 4.09. The van der Waals surface area contributed by atoms with Gasteiger partial charge in [0.05, 0.1) is 17.8 Å². The Bertz CT molecular complexity index is 954. The number of nitrogens with two attached hydrogens (primary N) is 1. The lowest BCUT2D eigenvalue weighted by Crippen LogP contribution is -2.39. The lowest BCUT2D eigenvalue weighted by atomic mass is 10.0. The zero-order valence-electron chi connectivity index (χ0n) is 15.1. The molecular formula is C22H22N4. The SMILES string of the molecule is C=Cc1nc(N)cc(C#Cc2ccc(C3=NCC(C)(C)N3)cc2)c1C=C. The van der Waals surface area contributed by atoms with Crippen molar-refractivity contribution < 1.29 is 0 Å². The minimum atomic E-state index is 0.0129. The first-order valence-corrected chi connectivity index (χ1v) is 8.42. The molecule has 3 rings (SSSR count). The molecule has 0 aliphatic carbocycles. The van der Waals surface area contributed by atoms with Crippen LogP contribution in [0.4, 0.5) is 5.82 Å². The van der Waals surface area contributed by atoms with Crippen molar-refractivity contribution >= 4 is 23.8 Å². The fourth-order valence-corrected chi connectivity index (χ4v) is 2.76. The van der Waals surface area contributed by atoms with E-state index in [2.05, 4.69) is 54.1 Å². The molecular weight excluding hydrogens is 320 g/mol. The lowest BCUT2D eigenvalue weighted by Gasteiger charge is -2.18. The van der Waals surface area contributed by atoms with Crippen LogP contribution in [0.25, 0.3) is 12.2 Å². The Morgan fingerprint density at radius 2 is 1.88 bits per heavy atom. The van der Waals surface area contributed by atoms with Gasteiger partial charge in [-0.15, -0.1) is 0 Å². The van der Waals surface area contributed by atoms with Gasteiger partial charge in [0, 0.05) is 22.3 Å². The number of aromatic nitrogens is 1. The molecule has 0 saturated heterocycles. The van der Waals surface area contributed by atoms with Crippen LogP contribution in [-0.2, 0) is 0 Å². The number of pyridine rings is 1. The number of aliphatic imine (C=N–C) groups is 1. The van der Waals surface area contributed by atoms with Crippen LogP contribution in [0.3, 0.4) is 0 Å². The molecule has 130 valence electrons. The molecule has 0 saturated carbocycles. The van der Waals surface area contributed by atoms with Gasteiger partial charge in [-0.3, -0.25) is 4.99 Å². The topological polar surface area (TPSA) is 63.3 Å². The second-order valence-corrected chi connectivity index (χ2v) is 6.80. The average molecular weight is 342 g/mol. The van der Waals surface area contributed by atoms with Crippen LogP contribution in [-0.4, -0.2) is 22.9 Å². The fourth-order valence-electron chi connectivity index (χ4n) is 2.76. The molecule has 1 aromatic carbocycles. The standard InChI is InChI=1S/C22H22N4/c1-5-18-17(13-20(23)25-19(18)6-2)12-9-15-7-10-16(11-8-15)21-24-14-22(3,4)26-21/h5-8,10-11,13H,1-2,14H2,3-4H3,(H2,23,25)(H,24,26). The van der Waals surface area contributed by atoms with E-state index in [1.54, 1.807) is 18.2 Å². The van der Waals surface area contributed by atoms with Crippen molar-refractivity contribution in [2.24, 2.45) is 4.99 Å². The molecule has 1 aromatic heterocycles. The highest BCUT2D eigenvalue weighted by molar-refractivity contribution is 6.00. The second-order valence-electron chi connectivity index (χ2n) is 6.80. The minimum Gasteiger partial charge on any atom is -0.384 e. The number of rotatable bonds is 3. The summed E-state index contributed by atoms with van der Waals surface area (Å²) in [4.78, 5) is 8.81. The first-order valence-electron chi connectivity index (χ1n) is 8.42. The van der Waals surface area contributed by atoms with E-state index in [-0.39, 0.29) is 5.54 Å². The van der Waals surface area contributed by atoms with Crippen molar-refractivity contribution in [2.45, 2.75) is 19.4 Å². The van der Waals surface area contributed by atoms with Gasteiger partial charge in [0.2, 0.25) is 0 Å². The van der Waals surface area contributed by atoms with E-state index in [9.17, 15) is 0 Å². The average Bonchev–Trinajstić information content (AvgIpc) is 2.99. The van der Waals surface area contributed by atoms with Crippen LogP contribution in [0.5, 0.6) is 0 Å². The Balaban J connectivity index is 1.87. The molecule has 0 radical (unpaired) electrons. The molecule has 0 spiro atoms. The summed E-state index contributed by atoms with van der Waals surface area (Å²) >= 11 is 0. The highest BCUT2D eigenvalue weighted by atomic mass is 15.1. The van der Waals surface area contributed by atoms with Crippen molar-refractivity contribution in [1.29, 1.82) is 0 Å². The highest BCUT2D eigenvalue weighted by Gasteiger charge is 2.25. The molecule has 3 N–H and O–H groups in total. The van der Waals surface area contributed by atoms with Crippen LogP contribution in [0.1, 0.15) is 41.8 Å². The van der Waals surface area contributed by atoms with E-state index in [1.165, 1.54) is 0 Å². The number of hydrogen-bond donors (Lipinski definition) is 2. The summed E-state index contributed by atoms with van der Waals surface area (Å²) in [5.74, 6) is 7.68. The summed E-state index contributed by atoms with van der Waals surface area (Å²) in [5.41, 5.74) is 10.2. The van der Waals surface area contributed by atoms with Gasteiger partial charge >= 0.3 is 0 Å². The van der Waals surface area contributed by atoms with Crippen LogP contribution in [0, 0.1) is 11.8 Å². The monoisotopic (exact) mass is 342 g/mol. The molecule has 4 nitrogen and oxygen atoms in total. The Kier molecular flexibility index (Phi) is 4.64. The smallest absolute Gasteiger partial charge is 0.128 e. The number of hydrogen-bond acceptors (Lipinski definition) is 4. The van der Waals surface area contributed by atoms with Gasteiger partial charge in [-0.2, -0.15) is 0 Å². The first kappa shape index (κ1) is 17.5. The third kappa shape index (κ3) is 3.68. The van der Waals surface area contributed by atoms with Crippen LogP contribution < -0.4 is 11.1 Å². The Morgan fingerprint density at radius 3 is 2.46 bits per heavy atom. The summed E-state index contributed by atoms with van der Waals surface area (Å²) in [6.07, 6.45) is 3.38. The van der Waals surface area contributed by atoms with Gasteiger partial charge in [-0.25, -0.2) is 4.98 Å². The molecule has 0 fully saturated rings. The van der Waals surface area contributed by atoms with Crippen LogP contribution in [0.2, 0.25) is 0 Å². The minimum absolute atomic E-state index is 0.0129. The van der Waals surface area contributed by atoms with Crippen LogP contribution >= 0.6 is 0 Å². The maximum atomic E-state index is 5.86. The van der Waals surface area contributed by atoms with E-state index in [1.807, 2.05) is 24.3 Å². The van der Waals surface area contributed by atoms with Crippen molar-refractivity contribution in [3.8, 4) is 11.8 Å². The Morgan fingerprint density at radius 1 is 1.15 bits per heavy atom. The number of benzene rings is 1. The van der Waals surface area contributed by atoms with E-state index in [4.69, 9.17) is 5.73 Å². The second kappa shape index (κ2) is 6.89. The summed E-state index contributed by atoms with van der Waals surface area (Å²) in [5, 5.41) is 3.43. The van der Waals surface area contributed by atoms with Crippen molar-refractivity contribution in [3.05, 3.63) is 71.4 Å². The Hall–Kier alpha value is -3.32. The van der Waals surface area contributed by atoms with E-state index < -0.39 is 0 Å². The molecule has 0 bridgehead atoms. The molecule has 0 unspecified atom stereocenters. The molecule has 26 heavy (non-hydrogen) atoms. The zero-order valence-corrected chi connectivity index (χ0v) is 15.1. The largest absolute Gasteiger partial charge is 0.384 e. The normalized spacial score (nSPS) is 14.6. The molecule has 2 aromatic rings. The number of nitrogens with zero attached hydrogens (tertiary/aromatic N) is 2. The third-order valence-electron chi connectivity index (χ3n) is 4.09. The summed E-state index contributed by atoms with van der Waals surface area (Å²) in [6, 6.07) is 9.79. The van der Waals surface area contributed by atoms with Gasteiger partial charge < -0.3 is 11.1 Å². The fraction of sp³-hybridized carbons (Fsp3) is 0.182. The summed E-state index contributed by atoms with van der Waals surface area (Å²) in [7, 11) is 0. The van der Waals surface area contributed by atoms with Crippen molar-refractivity contribution in [3.63, 3.8) is 0 Å². The molecule has 0 amide bonds. The molecule has 1 aliphatic heterocycles. The van der Waals surface area contributed by atoms with E-state index in [0.717, 1.165) is 34.6 Å². The van der Waals surface area contributed by atoms with Gasteiger partial charge in [0.25, 0.3) is 0 Å². The maximum absolute atomic E-state index is 5.86. The lowest BCUT2D eigenvalue weighted by molar-refractivity contribution is 0.506. The molecule has 1 aliphatic rings. The number of nitrogen functional groups attached to an aromatic ring is 1. The number of nitrogens with one attached hydrogen (secondary N) is 1. The summed E-state index contributed by atoms with van der Waals surface area (Å²) in [6.45, 7) is 12.7. The van der Waals surface area contributed by atoms with Crippen molar-refractivity contribution in [2.75, 3.05) is 12.3 Å². The summed E-state index contributed by atoms with van der Waals surface area (Å²) < 4.78 is 0. The van der Waals surface area contributed by atoms with Gasteiger partial charge in [-0.05, 0) is 38.1 Å². The van der Waals surface area contributed by atoms with Gasteiger partial charge in [0.1, 0.15) is 11.7 Å². The Labute approximate surface area is 154 Å². The maximum Gasteiger partial charge on any atom is 0.128 e. The van der Waals surface area contributed by atoms with Crippen molar-refractivity contribution in [1.82, 2.24) is 10.3 Å².